The Kier molecular flexibility index (Phi) is 15.6. The Bertz CT molecular complexity index is 262. The minimum atomic E-state index is -1.83. The molecule has 1 rings (SSSR count). The molecule has 0 heterocycles. The SMILES string of the molecule is CCCCCCCCCCCCCCCC1CC1C.O=C(O)O. The predicted octanol–water partition coefficient (Wildman–Crippen LogP) is 7.35. The van der Waals surface area contributed by atoms with Crippen molar-refractivity contribution in [2.24, 2.45) is 11.8 Å². The van der Waals surface area contributed by atoms with Crippen LogP contribution in [0.3, 0.4) is 0 Å². The predicted molar refractivity (Wildman–Crippen MR) is 98.2 cm³/mol. The number of rotatable bonds is 14. The lowest BCUT2D eigenvalue weighted by molar-refractivity contribution is 0.137. The van der Waals surface area contributed by atoms with Gasteiger partial charge in [-0.15, -0.1) is 0 Å². The van der Waals surface area contributed by atoms with E-state index in [-0.39, 0.29) is 0 Å². The van der Waals surface area contributed by atoms with Gasteiger partial charge >= 0.3 is 6.16 Å². The van der Waals surface area contributed by atoms with Gasteiger partial charge in [-0.2, -0.15) is 0 Å². The molecule has 2 N–H and O–H groups in total. The van der Waals surface area contributed by atoms with Crippen molar-refractivity contribution in [3.05, 3.63) is 0 Å². The molecule has 0 radical (unpaired) electrons. The molecular weight excluding hydrogens is 288 g/mol. The number of hydrogen-bond acceptors (Lipinski definition) is 1. The highest BCUT2D eigenvalue weighted by atomic mass is 16.6. The molecule has 0 bridgehead atoms. The molecule has 0 aromatic carbocycles. The third-order valence-electron chi connectivity index (χ3n) is 4.95. The van der Waals surface area contributed by atoms with Crippen molar-refractivity contribution in [3.8, 4) is 0 Å². The second-order valence-corrected chi connectivity index (χ2v) is 7.29. The van der Waals surface area contributed by atoms with Gasteiger partial charge in [-0.05, 0) is 18.3 Å². The molecule has 1 saturated carbocycles. The Morgan fingerprint density at radius 1 is 0.783 bits per heavy atom. The lowest BCUT2D eigenvalue weighted by Gasteiger charge is -2.03. The normalized spacial score (nSPS) is 19.0. The average molecular weight is 329 g/mol. The van der Waals surface area contributed by atoms with Gasteiger partial charge in [0.2, 0.25) is 0 Å². The van der Waals surface area contributed by atoms with Crippen LogP contribution in [0.5, 0.6) is 0 Å². The zero-order chi connectivity index (χ0) is 17.3. The summed E-state index contributed by atoms with van der Waals surface area (Å²) in [4.78, 5) is 8.56. The molecule has 0 amide bonds. The van der Waals surface area contributed by atoms with E-state index in [4.69, 9.17) is 15.0 Å². The van der Waals surface area contributed by atoms with Crippen LogP contribution in [-0.4, -0.2) is 16.4 Å². The molecule has 138 valence electrons. The molecule has 0 aliphatic heterocycles. The quantitative estimate of drug-likeness (QED) is 0.328. The summed E-state index contributed by atoms with van der Waals surface area (Å²) in [7, 11) is 0. The van der Waals surface area contributed by atoms with Crippen LogP contribution in [0.2, 0.25) is 0 Å². The van der Waals surface area contributed by atoms with Gasteiger partial charge in [-0.25, -0.2) is 4.79 Å². The van der Waals surface area contributed by atoms with Crippen molar-refractivity contribution < 1.29 is 15.0 Å². The maximum absolute atomic E-state index is 8.56. The summed E-state index contributed by atoms with van der Waals surface area (Å²) in [6.07, 6.45) is 20.4. The van der Waals surface area contributed by atoms with E-state index in [0.29, 0.717) is 0 Å². The summed E-state index contributed by atoms with van der Waals surface area (Å²) in [6.45, 7) is 4.71. The number of carbonyl (C=O) groups is 1. The van der Waals surface area contributed by atoms with Gasteiger partial charge in [-0.3, -0.25) is 0 Å². The van der Waals surface area contributed by atoms with Gasteiger partial charge in [0, 0.05) is 0 Å². The fraction of sp³-hybridized carbons (Fsp3) is 0.950. The van der Waals surface area contributed by atoms with Gasteiger partial charge < -0.3 is 10.2 Å². The van der Waals surface area contributed by atoms with Gasteiger partial charge in [0.05, 0.1) is 0 Å². The molecule has 23 heavy (non-hydrogen) atoms. The first-order chi connectivity index (χ1) is 11.1. The van der Waals surface area contributed by atoms with E-state index in [0.717, 1.165) is 11.8 Å². The standard InChI is InChI=1S/C19H38.CH2O3/c1-3-4-5-6-7-8-9-10-11-12-13-14-15-16-19-17-18(19)2;2-1(3)4/h18-19H,3-17H2,1-2H3;(H2,2,3,4). The largest absolute Gasteiger partial charge is 0.503 e. The first-order valence-electron chi connectivity index (χ1n) is 9.99. The summed E-state index contributed by atoms with van der Waals surface area (Å²) >= 11 is 0. The molecule has 2 atom stereocenters. The van der Waals surface area contributed by atoms with Gasteiger partial charge in [-0.1, -0.05) is 104 Å². The third kappa shape index (κ3) is 19.2. The molecule has 1 aliphatic carbocycles. The average Bonchev–Trinajstić information content (AvgIpc) is 3.19. The highest BCUT2D eigenvalue weighted by molar-refractivity contribution is 5.53. The van der Waals surface area contributed by atoms with Crippen LogP contribution >= 0.6 is 0 Å². The molecule has 1 fully saturated rings. The van der Waals surface area contributed by atoms with Crippen molar-refractivity contribution >= 4 is 6.16 Å². The molecule has 1 aliphatic rings. The molecule has 0 aromatic heterocycles. The van der Waals surface area contributed by atoms with E-state index in [1.54, 1.807) is 0 Å². The minimum Gasteiger partial charge on any atom is -0.450 e. The van der Waals surface area contributed by atoms with E-state index in [1.807, 2.05) is 0 Å². The second-order valence-electron chi connectivity index (χ2n) is 7.29. The summed E-state index contributed by atoms with van der Waals surface area (Å²) in [5.74, 6) is 2.19. The molecule has 0 spiro atoms. The lowest BCUT2D eigenvalue weighted by Crippen LogP contribution is -1.84. The monoisotopic (exact) mass is 328 g/mol. The van der Waals surface area contributed by atoms with Crippen LogP contribution in [0.1, 0.15) is 110 Å². The summed E-state index contributed by atoms with van der Waals surface area (Å²) in [6, 6.07) is 0. The fourth-order valence-electron chi connectivity index (χ4n) is 3.23. The van der Waals surface area contributed by atoms with Crippen LogP contribution in [0.4, 0.5) is 4.79 Å². The number of carboxylic acid groups (broad SMARTS) is 2. The highest BCUT2D eigenvalue weighted by Crippen LogP contribution is 2.41. The van der Waals surface area contributed by atoms with Gasteiger partial charge in [0.1, 0.15) is 0 Å². The molecular formula is C20H40O3. The first kappa shape index (κ1) is 22.3. The van der Waals surface area contributed by atoms with E-state index in [1.165, 1.54) is 96.3 Å². The molecule has 3 heteroatoms. The highest BCUT2D eigenvalue weighted by Gasteiger charge is 2.31. The Morgan fingerprint density at radius 3 is 1.39 bits per heavy atom. The topological polar surface area (TPSA) is 57.5 Å². The fourth-order valence-corrected chi connectivity index (χ4v) is 3.23. The zero-order valence-corrected chi connectivity index (χ0v) is 15.6. The molecule has 3 nitrogen and oxygen atoms in total. The van der Waals surface area contributed by atoms with E-state index in [2.05, 4.69) is 13.8 Å². The van der Waals surface area contributed by atoms with Crippen LogP contribution in [0, 0.1) is 11.8 Å². The summed E-state index contributed by atoms with van der Waals surface area (Å²) in [5, 5.41) is 13.9. The first-order valence-corrected chi connectivity index (χ1v) is 9.99. The zero-order valence-electron chi connectivity index (χ0n) is 15.6. The van der Waals surface area contributed by atoms with Gasteiger partial charge in [0.25, 0.3) is 0 Å². The summed E-state index contributed by atoms with van der Waals surface area (Å²) in [5.41, 5.74) is 0. The Hall–Kier alpha value is -0.730. The molecule has 0 aromatic rings. The lowest BCUT2D eigenvalue weighted by atomic mass is 10.0. The van der Waals surface area contributed by atoms with Crippen molar-refractivity contribution in [1.29, 1.82) is 0 Å². The smallest absolute Gasteiger partial charge is 0.450 e. The van der Waals surface area contributed by atoms with Crippen molar-refractivity contribution in [1.82, 2.24) is 0 Å². The maximum atomic E-state index is 8.56. The number of unbranched alkanes of at least 4 members (excludes halogenated alkanes) is 12. The van der Waals surface area contributed by atoms with Gasteiger partial charge in [0.15, 0.2) is 0 Å². The van der Waals surface area contributed by atoms with E-state index < -0.39 is 6.16 Å². The molecule has 0 saturated heterocycles. The van der Waals surface area contributed by atoms with E-state index in [9.17, 15) is 0 Å². The van der Waals surface area contributed by atoms with Crippen molar-refractivity contribution in [2.75, 3.05) is 0 Å². The van der Waals surface area contributed by atoms with Crippen LogP contribution in [-0.2, 0) is 0 Å². The van der Waals surface area contributed by atoms with Crippen molar-refractivity contribution in [3.63, 3.8) is 0 Å². The third-order valence-corrected chi connectivity index (χ3v) is 4.95. The Balaban J connectivity index is 0.00000108. The molecule has 2 unspecified atom stereocenters. The van der Waals surface area contributed by atoms with Crippen LogP contribution in [0.15, 0.2) is 0 Å². The van der Waals surface area contributed by atoms with E-state index >= 15 is 0 Å². The van der Waals surface area contributed by atoms with Crippen molar-refractivity contribution in [2.45, 2.75) is 110 Å². The maximum Gasteiger partial charge on any atom is 0.503 e. The Morgan fingerprint density at radius 2 is 1.09 bits per heavy atom. The minimum absolute atomic E-state index is 1.07. The van der Waals surface area contributed by atoms with Crippen LogP contribution in [0.25, 0.3) is 0 Å². The second kappa shape index (κ2) is 16.1. The number of hydrogen-bond donors (Lipinski definition) is 2. The Labute approximate surface area is 143 Å². The van der Waals surface area contributed by atoms with Crippen LogP contribution < -0.4 is 0 Å². The summed E-state index contributed by atoms with van der Waals surface area (Å²) < 4.78 is 0.